The minimum absolute atomic E-state index is 0. The maximum atomic E-state index is 8.52. The summed E-state index contributed by atoms with van der Waals surface area (Å²) >= 11 is 0. The first-order valence-corrected chi connectivity index (χ1v) is 1.84. The van der Waals surface area contributed by atoms with Crippen LogP contribution in [0.15, 0.2) is 0 Å². The van der Waals surface area contributed by atoms with E-state index in [9.17, 15) is 0 Å². The first-order valence-electron chi connectivity index (χ1n) is 0.612. The summed E-state index contributed by atoms with van der Waals surface area (Å²) in [7, 11) is -3.63. The molecule has 0 N–H and O–H groups in total. The predicted molar refractivity (Wildman–Crippen MR) is 12.2 cm³/mol. The molecule has 0 aliphatic heterocycles. The van der Waals surface area contributed by atoms with Crippen LogP contribution in [0.2, 0.25) is 0 Å². The van der Waals surface area contributed by atoms with Crippen LogP contribution in [-0.2, 0) is 4.46 Å². The molecule has 0 aromatic heterocycles. The zero-order valence-electron chi connectivity index (χ0n) is 3.01. The van der Waals surface area contributed by atoms with Gasteiger partial charge in [0.05, 0.1) is 0 Å². The van der Waals surface area contributed by atoms with Crippen LogP contribution in [-0.4, -0.2) is 46.9 Å². The third kappa shape index (κ3) is 36.4. The third-order valence-electron chi connectivity index (χ3n) is 0. The second-order valence-electron chi connectivity index (χ2n) is 0.250. The molecule has 0 aromatic rings. The monoisotopic (exact) mass is 255 g/mol. The van der Waals surface area contributed by atoms with Crippen LogP contribution in [0.3, 0.4) is 0 Å². The van der Waals surface area contributed by atoms with Crippen molar-refractivity contribution in [2.24, 2.45) is 0 Å². The molecule has 0 fully saturated rings. The summed E-state index contributed by atoms with van der Waals surface area (Å²) < 4.78 is 8.52. The Balaban J connectivity index is -0.0000000450. The van der Waals surface area contributed by atoms with E-state index in [1.807, 2.05) is 0 Å². The molecule has 0 aliphatic rings. The predicted octanol–water partition coefficient (Wildman–Crippen LogP) is -3.26. The van der Waals surface area contributed by atoms with Crippen LogP contribution in [0.1, 0.15) is 0 Å². The molecule has 3 nitrogen and oxygen atoms in total. The quantitative estimate of drug-likeness (QED) is 0.427. The molecule has 0 heterocycles. The van der Waals surface area contributed by atoms with E-state index >= 15 is 0 Å². The Bertz CT molecular complexity index is 33.8. The summed E-state index contributed by atoms with van der Waals surface area (Å²) in [4.78, 5) is 17.0. The van der Waals surface area contributed by atoms with Gasteiger partial charge in [-0.3, -0.25) is 0 Å². The first-order chi connectivity index (χ1) is 1.73. The summed E-state index contributed by atoms with van der Waals surface area (Å²) in [6, 6.07) is 0. The van der Waals surface area contributed by atoms with Crippen molar-refractivity contribution >= 4 is 46.9 Å². The molecule has 0 unspecified atom stereocenters. The van der Waals surface area contributed by atoms with E-state index in [0.717, 1.165) is 0 Å². The van der Waals surface area contributed by atoms with E-state index < -0.39 is 9.17 Å². The molecule has 0 radical (unpaired) electrons. The molecular weight excluding hydrogens is 255 g/mol. The maximum absolute atomic E-state index is 8.52. The van der Waals surface area contributed by atoms with Crippen LogP contribution in [0.5, 0.6) is 0 Å². The van der Waals surface area contributed by atoms with Crippen LogP contribution in [0.25, 0.3) is 0 Å². The smallest absolute Gasteiger partial charge is 0.672 e. The Morgan fingerprint density at radius 3 is 1.33 bits per heavy atom. The number of hydrogen-bond acceptors (Lipinski definition) is 3. The molecule has 0 bridgehead atoms. The van der Waals surface area contributed by atoms with Crippen molar-refractivity contribution in [3.05, 3.63) is 0 Å². The Kier molecular flexibility index (Phi) is 26.5. The van der Waals surface area contributed by atoms with Gasteiger partial charge >= 0.3 is 73.3 Å². The van der Waals surface area contributed by atoms with E-state index in [2.05, 4.69) is 0 Å². The largest absolute Gasteiger partial charge is 3.00 e. The fraction of sp³-hybridized carbons (Fsp3) is 0. The average molecular weight is 255 g/mol. The zero-order chi connectivity index (χ0) is 3.58. The van der Waals surface area contributed by atoms with Crippen molar-refractivity contribution in [1.29, 1.82) is 0 Å². The van der Waals surface area contributed by atoms with Crippen LogP contribution in [0.4, 0.5) is 0 Å². The molecule has 6 heavy (non-hydrogen) atoms. The van der Waals surface area contributed by atoms with E-state index in [1.54, 1.807) is 0 Å². The Hall–Kier alpha value is 2.07. The van der Waals surface area contributed by atoms with Crippen molar-refractivity contribution < 1.29 is 49.7 Å². The summed E-state index contributed by atoms with van der Waals surface area (Å²) in [5, 5.41) is 0. The van der Waals surface area contributed by atoms with E-state index in [0.29, 0.717) is 0 Å². The van der Waals surface area contributed by atoms with Crippen molar-refractivity contribution in [3.8, 4) is 0 Å². The molecule has 0 saturated carbocycles. The fourth-order valence-electron chi connectivity index (χ4n) is 0. The molecule has 0 rings (SSSR count). The van der Waals surface area contributed by atoms with Gasteiger partial charge in [-0.05, 0) is 0 Å². The van der Waals surface area contributed by atoms with Gasteiger partial charge in [0.15, 0.2) is 0 Å². The minimum Gasteiger partial charge on any atom is -0.672 e. The molecule has 0 atom stereocenters. The molecule has 24 valence electrons. The molecule has 0 aromatic carbocycles. The van der Waals surface area contributed by atoms with Gasteiger partial charge in [0.25, 0.3) is 0 Å². The van der Waals surface area contributed by atoms with Gasteiger partial charge < -0.3 is 14.1 Å². The van der Waals surface area contributed by atoms with Crippen molar-refractivity contribution in [2.75, 3.05) is 0 Å². The summed E-state index contributed by atoms with van der Waals surface area (Å²) in [6.45, 7) is 0. The molecule has 0 aliphatic carbocycles. The van der Waals surface area contributed by atoms with Gasteiger partial charge in [-0.1, -0.05) is 0 Å². The standard InChI is InChI=1S/Ca.La.O3Si/c;;1-4(2)3/q+2;+3;-2. The van der Waals surface area contributed by atoms with Gasteiger partial charge in [0.1, 0.15) is 0 Å². The van der Waals surface area contributed by atoms with Gasteiger partial charge in [-0.25, -0.2) is 0 Å². The molecular formula is CaLaO3Si+3. The Morgan fingerprint density at radius 1 is 1.33 bits per heavy atom. The van der Waals surface area contributed by atoms with Gasteiger partial charge in [-0.2, -0.15) is 0 Å². The topological polar surface area (TPSA) is 63.2 Å². The van der Waals surface area contributed by atoms with Crippen LogP contribution in [0, 0.1) is 35.6 Å². The molecule has 0 amide bonds. The summed E-state index contributed by atoms with van der Waals surface area (Å²) in [5.74, 6) is 0. The van der Waals surface area contributed by atoms with Crippen molar-refractivity contribution in [1.82, 2.24) is 0 Å². The summed E-state index contributed by atoms with van der Waals surface area (Å²) in [6.07, 6.45) is 0. The minimum atomic E-state index is -3.63. The second-order valence-corrected chi connectivity index (χ2v) is 0.750. The molecule has 6 heteroatoms. The molecule has 0 saturated heterocycles. The van der Waals surface area contributed by atoms with Gasteiger partial charge in [0, 0.05) is 9.17 Å². The normalized spacial score (nSPS) is 4.00. The number of rotatable bonds is 0. The molecule has 0 spiro atoms. The zero-order valence-corrected chi connectivity index (χ0v) is 9.84. The second kappa shape index (κ2) is 10.1. The fourth-order valence-corrected chi connectivity index (χ4v) is 0. The average Bonchev–Trinajstić information content (AvgIpc) is 0.811. The summed E-state index contributed by atoms with van der Waals surface area (Å²) in [5.41, 5.74) is 0. The number of hydrogen-bond donors (Lipinski definition) is 0. The van der Waals surface area contributed by atoms with Crippen LogP contribution < -0.4 is 9.59 Å². The van der Waals surface area contributed by atoms with Crippen molar-refractivity contribution in [2.45, 2.75) is 0 Å². The van der Waals surface area contributed by atoms with Gasteiger partial charge in [0.2, 0.25) is 0 Å². The third-order valence-corrected chi connectivity index (χ3v) is 0. The maximum Gasteiger partial charge on any atom is 3.00 e. The Labute approximate surface area is 94.6 Å². The van der Waals surface area contributed by atoms with Crippen LogP contribution >= 0.6 is 0 Å². The van der Waals surface area contributed by atoms with Gasteiger partial charge in [-0.15, -0.1) is 0 Å². The van der Waals surface area contributed by atoms with E-state index in [-0.39, 0.29) is 73.3 Å². The van der Waals surface area contributed by atoms with Crippen molar-refractivity contribution in [3.63, 3.8) is 0 Å². The van der Waals surface area contributed by atoms with E-state index in [4.69, 9.17) is 14.1 Å². The Morgan fingerprint density at radius 2 is 1.33 bits per heavy atom. The van der Waals surface area contributed by atoms with E-state index in [1.165, 1.54) is 0 Å². The first kappa shape index (κ1) is 15.7. The SMILES string of the molecule is O=[Si]([O-])[O-].[Ca+2].[La+3].